The zero-order chi connectivity index (χ0) is 25.9. The van der Waals surface area contributed by atoms with E-state index in [4.69, 9.17) is 13.9 Å². The fraction of sp³-hybridized carbons (Fsp3) is 0.333. The van der Waals surface area contributed by atoms with Crippen molar-refractivity contribution in [2.24, 2.45) is 0 Å². The van der Waals surface area contributed by atoms with Crippen LogP contribution in [0.4, 0.5) is 5.69 Å². The van der Waals surface area contributed by atoms with Crippen LogP contribution in [-0.2, 0) is 6.42 Å². The average molecular weight is 487 g/mol. The van der Waals surface area contributed by atoms with Gasteiger partial charge in [-0.1, -0.05) is 13.3 Å². The lowest BCUT2D eigenvalue weighted by atomic mass is 10.0. The van der Waals surface area contributed by atoms with Crippen LogP contribution in [-0.4, -0.2) is 45.3 Å². The Morgan fingerprint density at radius 1 is 1.11 bits per heavy atom. The lowest BCUT2D eigenvalue weighted by Crippen LogP contribution is -2.25. The van der Waals surface area contributed by atoms with E-state index in [0.717, 1.165) is 0 Å². The summed E-state index contributed by atoms with van der Waals surface area (Å²) >= 11 is 0. The molecule has 0 saturated carbocycles. The number of Topliss-reactive ketones (excluding diaryl/α,β-unsaturated/α-hetero) is 1. The Balaban J connectivity index is 1.74. The van der Waals surface area contributed by atoms with Gasteiger partial charge in [0.05, 0.1) is 15.9 Å². The Morgan fingerprint density at radius 3 is 2.34 bits per heavy atom. The van der Waals surface area contributed by atoms with Crippen molar-refractivity contribution in [2.45, 2.75) is 39.7 Å². The van der Waals surface area contributed by atoms with Gasteiger partial charge in [-0.15, -0.1) is 0 Å². The summed E-state index contributed by atoms with van der Waals surface area (Å²) in [5.41, 5.74) is -1.46. The first-order valence-corrected chi connectivity index (χ1v) is 10.8. The van der Waals surface area contributed by atoms with E-state index in [1.54, 1.807) is 6.07 Å². The van der Waals surface area contributed by atoms with Crippen LogP contribution in [0.2, 0.25) is 0 Å². The van der Waals surface area contributed by atoms with Crippen molar-refractivity contribution in [1.82, 2.24) is 0 Å². The van der Waals surface area contributed by atoms with Gasteiger partial charge in [-0.05, 0) is 44.5 Å². The van der Waals surface area contributed by atoms with Gasteiger partial charge in [0.15, 0.2) is 5.78 Å². The highest BCUT2D eigenvalue weighted by molar-refractivity contribution is 5.97. The van der Waals surface area contributed by atoms with Crippen molar-refractivity contribution in [3.05, 3.63) is 61.5 Å². The van der Waals surface area contributed by atoms with Gasteiger partial charge in [0.1, 0.15) is 42.1 Å². The molecule has 1 unspecified atom stereocenters. The highest BCUT2D eigenvalue weighted by Crippen LogP contribution is 2.36. The predicted octanol–water partition coefficient (Wildman–Crippen LogP) is 3.39. The summed E-state index contributed by atoms with van der Waals surface area (Å²) in [7, 11) is 0. The second-order valence-electron chi connectivity index (χ2n) is 7.93. The summed E-state index contributed by atoms with van der Waals surface area (Å²) in [4.78, 5) is 33.6. The summed E-state index contributed by atoms with van der Waals surface area (Å²) in [5, 5.41) is 41.8. The molecule has 1 heterocycles. The van der Waals surface area contributed by atoms with E-state index in [1.165, 1.54) is 32.0 Å². The Morgan fingerprint density at radius 2 is 1.74 bits per heavy atom. The number of aliphatic hydroxyl groups excluding tert-OH is 1. The van der Waals surface area contributed by atoms with E-state index in [-0.39, 0.29) is 47.0 Å². The number of hydrogen-bond donors (Lipinski definition) is 3. The highest BCUT2D eigenvalue weighted by Gasteiger charge is 2.26. The molecule has 3 rings (SSSR count). The number of fused-ring (bicyclic) bond motifs is 1. The van der Waals surface area contributed by atoms with Gasteiger partial charge in [-0.2, -0.15) is 0 Å². The maximum atomic E-state index is 11.9. The number of ether oxygens (including phenoxy) is 2. The molecule has 11 heteroatoms. The zero-order valence-electron chi connectivity index (χ0n) is 19.4. The van der Waals surface area contributed by atoms with Crippen LogP contribution in [0.3, 0.4) is 0 Å². The molecule has 11 nitrogen and oxygen atoms in total. The van der Waals surface area contributed by atoms with Crippen LogP contribution in [0.5, 0.6) is 23.0 Å². The molecular formula is C24H25NO10. The summed E-state index contributed by atoms with van der Waals surface area (Å²) in [6.45, 7) is 4.42. The van der Waals surface area contributed by atoms with Gasteiger partial charge in [0, 0.05) is 11.1 Å². The van der Waals surface area contributed by atoms with Crippen molar-refractivity contribution in [3.8, 4) is 23.0 Å². The van der Waals surface area contributed by atoms with E-state index in [9.17, 15) is 35.0 Å². The zero-order valence-corrected chi connectivity index (χ0v) is 19.4. The average Bonchev–Trinajstić information content (AvgIpc) is 2.79. The number of ketones is 1. The van der Waals surface area contributed by atoms with Crippen LogP contribution in [0.25, 0.3) is 11.0 Å². The van der Waals surface area contributed by atoms with Gasteiger partial charge < -0.3 is 29.2 Å². The van der Waals surface area contributed by atoms with Gasteiger partial charge >= 0.3 is 11.3 Å². The number of phenolic OH excluding ortho intramolecular Hbond substituents is 1. The molecule has 0 radical (unpaired) electrons. The van der Waals surface area contributed by atoms with Crippen molar-refractivity contribution in [3.63, 3.8) is 0 Å². The fourth-order valence-electron chi connectivity index (χ4n) is 3.62. The molecule has 3 aromatic rings. The van der Waals surface area contributed by atoms with Crippen molar-refractivity contribution < 1.29 is 38.9 Å². The standard InChI is InChI=1S/C24H25NO10/c1-4-5-16-19(9-6-15(13(3)26)21(16)28)34-11-14(27)10-33-18-8-7-17-22(29)20(25(31)32)24(30)35-23(17)12(18)2/h6-9,14,27-29H,4-5,10-11H2,1-3H3. The second kappa shape index (κ2) is 10.4. The van der Waals surface area contributed by atoms with Crippen LogP contribution in [0.1, 0.15) is 41.8 Å². The van der Waals surface area contributed by atoms with E-state index < -0.39 is 28.1 Å². The number of nitro groups is 1. The largest absolute Gasteiger partial charge is 0.507 e. The number of phenols is 1. The van der Waals surface area contributed by atoms with Crippen molar-refractivity contribution in [2.75, 3.05) is 13.2 Å². The maximum absolute atomic E-state index is 11.9. The van der Waals surface area contributed by atoms with Crippen LogP contribution >= 0.6 is 0 Å². The third-order valence-electron chi connectivity index (χ3n) is 5.39. The fourth-order valence-corrected chi connectivity index (χ4v) is 3.62. The highest BCUT2D eigenvalue weighted by atomic mass is 16.6. The van der Waals surface area contributed by atoms with Crippen LogP contribution < -0.4 is 15.1 Å². The molecule has 3 N–H and O–H groups in total. The molecule has 0 saturated heterocycles. The normalized spacial score (nSPS) is 11.9. The van der Waals surface area contributed by atoms with Crippen molar-refractivity contribution >= 4 is 22.4 Å². The first-order chi connectivity index (χ1) is 16.6. The van der Waals surface area contributed by atoms with E-state index >= 15 is 0 Å². The Bertz CT molecular complexity index is 1340. The number of aryl methyl sites for hydroxylation is 1. The van der Waals surface area contributed by atoms with Gasteiger partial charge in [-0.25, -0.2) is 4.79 Å². The molecular weight excluding hydrogens is 462 g/mol. The molecule has 1 aromatic heterocycles. The Hall–Kier alpha value is -4.12. The predicted molar refractivity (Wildman–Crippen MR) is 125 cm³/mol. The molecule has 186 valence electrons. The molecule has 0 spiro atoms. The molecule has 0 aliphatic heterocycles. The van der Waals surface area contributed by atoms with Gasteiger partial charge in [0.2, 0.25) is 5.75 Å². The molecule has 0 amide bonds. The summed E-state index contributed by atoms with van der Waals surface area (Å²) in [6, 6.07) is 5.76. The lowest BCUT2D eigenvalue weighted by Gasteiger charge is -2.18. The Labute approximate surface area is 199 Å². The number of benzene rings is 2. The third-order valence-corrected chi connectivity index (χ3v) is 5.39. The summed E-state index contributed by atoms with van der Waals surface area (Å²) < 4.78 is 16.3. The van der Waals surface area contributed by atoms with E-state index in [0.29, 0.717) is 29.7 Å². The number of aromatic hydroxyl groups is 2. The summed E-state index contributed by atoms with van der Waals surface area (Å²) in [5.74, 6) is -0.646. The number of aliphatic hydroxyl groups is 1. The smallest absolute Gasteiger partial charge is 0.419 e. The van der Waals surface area contributed by atoms with E-state index in [2.05, 4.69) is 0 Å². The lowest BCUT2D eigenvalue weighted by molar-refractivity contribution is -0.388. The first-order valence-electron chi connectivity index (χ1n) is 10.8. The summed E-state index contributed by atoms with van der Waals surface area (Å²) in [6.07, 6.45) is 0.0838. The minimum atomic E-state index is -1.30. The topological polar surface area (TPSA) is 170 Å². The molecule has 0 aliphatic carbocycles. The minimum absolute atomic E-state index is 0.0256. The molecule has 35 heavy (non-hydrogen) atoms. The van der Waals surface area contributed by atoms with Crippen LogP contribution in [0, 0.1) is 17.0 Å². The first kappa shape index (κ1) is 25.5. The SMILES string of the molecule is CCCc1c(OCC(O)COc2ccc3c(O)c([N+](=O)[O-])c(=O)oc3c2C)ccc(C(C)=O)c1O. The number of carbonyl (C=O) groups is 1. The van der Waals surface area contributed by atoms with E-state index in [1.807, 2.05) is 6.92 Å². The minimum Gasteiger partial charge on any atom is -0.507 e. The number of rotatable bonds is 10. The number of nitrogens with zero attached hydrogens (tertiary/aromatic N) is 1. The molecule has 0 fully saturated rings. The van der Waals surface area contributed by atoms with Gasteiger partial charge in [0.25, 0.3) is 0 Å². The van der Waals surface area contributed by atoms with Crippen molar-refractivity contribution in [1.29, 1.82) is 0 Å². The molecule has 0 bridgehead atoms. The quantitative estimate of drug-likeness (QED) is 0.167. The maximum Gasteiger partial charge on any atom is 0.419 e. The number of hydrogen-bond acceptors (Lipinski definition) is 10. The molecule has 0 aliphatic rings. The molecule has 1 atom stereocenters. The number of carbonyl (C=O) groups excluding carboxylic acids is 1. The second-order valence-corrected chi connectivity index (χ2v) is 7.93. The van der Waals surface area contributed by atoms with Crippen LogP contribution in [0.15, 0.2) is 33.5 Å². The monoisotopic (exact) mass is 487 g/mol. The Kier molecular flexibility index (Phi) is 7.60. The van der Waals surface area contributed by atoms with Gasteiger partial charge in [-0.3, -0.25) is 14.9 Å². The third kappa shape index (κ3) is 5.19. The molecule has 2 aromatic carbocycles.